The number of para-hydroxylation sites is 1. The largest absolute Gasteiger partial charge is 0.496 e. The van der Waals surface area contributed by atoms with E-state index in [4.69, 9.17) is 16.3 Å². The van der Waals surface area contributed by atoms with Crippen molar-refractivity contribution >= 4 is 23.7 Å². The van der Waals surface area contributed by atoms with Gasteiger partial charge in [0.15, 0.2) is 0 Å². The molecule has 0 radical (unpaired) electrons. The highest BCUT2D eigenvalue weighted by molar-refractivity contribution is 6.33. The SMILES string of the molecule is COc1ccccc1-c1cc(C(=O)NN=Cc2ccccc2Cl)[nH]n1. The van der Waals surface area contributed by atoms with E-state index in [-0.39, 0.29) is 5.69 Å². The van der Waals surface area contributed by atoms with E-state index in [0.29, 0.717) is 22.0 Å². The molecular formula is C18H15ClN4O2. The summed E-state index contributed by atoms with van der Waals surface area (Å²) < 4.78 is 5.30. The number of aromatic nitrogens is 2. The van der Waals surface area contributed by atoms with Crippen LogP contribution in [0.25, 0.3) is 11.3 Å². The van der Waals surface area contributed by atoms with Gasteiger partial charge in [-0.2, -0.15) is 10.2 Å². The predicted molar refractivity (Wildman–Crippen MR) is 97.1 cm³/mol. The smallest absolute Gasteiger partial charge is 0.289 e. The van der Waals surface area contributed by atoms with Crippen LogP contribution in [0.5, 0.6) is 5.75 Å². The van der Waals surface area contributed by atoms with Gasteiger partial charge in [0.25, 0.3) is 5.91 Å². The second-order valence-corrected chi connectivity index (χ2v) is 5.49. The molecule has 0 bridgehead atoms. The molecule has 0 aliphatic heterocycles. The molecular weight excluding hydrogens is 340 g/mol. The Hall–Kier alpha value is -3.12. The normalized spacial score (nSPS) is 10.8. The summed E-state index contributed by atoms with van der Waals surface area (Å²) in [6, 6.07) is 16.3. The van der Waals surface area contributed by atoms with Crippen molar-refractivity contribution in [2.24, 2.45) is 5.10 Å². The summed E-state index contributed by atoms with van der Waals surface area (Å²) in [4.78, 5) is 12.2. The number of methoxy groups -OCH3 is 1. The fourth-order valence-corrected chi connectivity index (χ4v) is 2.42. The van der Waals surface area contributed by atoms with Crippen LogP contribution in [0, 0.1) is 0 Å². The fourth-order valence-electron chi connectivity index (χ4n) is 2.23. The highest BCUT2D eigenvalue weighted by atomic mass is 35.5. The first-order chi connectivity index (χ1) is 12.2. The number of H-pyrrole nitrogens is 1. The van der Waals surface area contributed by atoms with Crippen molar-refractivity contribution in [2.45, 2.75) is 0 Å². The average Bonchev–Trinajstić information content (AvgIpc) is 3.13. The van der Waals surface area contributed by atoms with Crippen molar-refractivity contribution in [3.05, 3.63) is 70.9 Å². The molecule has 1 aromatic heterocycles. The Morgan fingerprint density at radius 3 is 2.80 bits per heavy atom. The Labute approximate surface area is 149 Å². The van der Waals surface area contributed by atoms with Gasteiger partial charge in [0, 0.05) is 16.1 Å². The summed E-state index contributed by atoms with van der Waals surface area (Å²) in [5.41, 5.74) is 4.84. The fraction of sp³-hybridized carbons (Fsp3) is 0.0556. The number of nitrogens with zero attached hydrogens (tertiary/aromatic N) is 2. The molecule has 7 heteroatoms. The number of halogens is 1. The molecule has 0 aliphatic rings. The van der Waals surface area contributed by atoms with Gasteiger partial charge in [-0.1, -0.05) is 41.9 Å². The van der Waals surface area contributed by atoms with Crippen molar-refractivity contribution in [1.29, 1.82) is 0 Å². The first-order valence-corrected chi connectivity index (χ1v) is 7.83. The first-order valence-electron chi connectivity index (χ1n) is 7.46. The van der Waals surface area contributed by atoms with Gasteiger partial charge in [-0.25, -0.2) is 5.43 Å². The second kappa shape index (κ2) is 7.63. The van der Waals surface area contributed by atoms with Crippen LogP contribution in [0.1, 0.15) is 16.1 Å². The summed E-state index contributed by atoms with van der Waals surface area (Å²) in [5.74, 6) is 0.273. The third kappa shape index (κ3) is 3.87. The van der Waals surface area contributed by atoms with Gasteiger partial charge in [-0.05, 0) is 24.3 Å². The van der Waals surface area contributed by atoms with Gasteiger partial charge < -0.3 is 4.74 Å². The molecule has 2 N–H and O–H groups in total. The number of amides is 1. The van der Waals surface area contributed by atoms with E-state index in [1.165, 1.54) is 6.21 Å². The maximum absolute atomic E-state index is 12.2. The maximum Gasteiger partial charge on any atom is 0.289 e. The van der Waals surface area contributed by atoms with Crippen molar-refractivity contribution < 1.29 is 9.53 Å². The number of rotatable bonds is 5. The molecule has 25 heavy (non-hydrogen) atoms. The van der Waals surface area contributed by atoms with Gasteiger partial charge in [-0.15, -0.1) is 0 Å². The first kappa shape index (κ1) is 16.7. The summed E-state index contributed by atoms with van der Waals surface area (Å²) in [5, 5.41) is 11.3. The van der Waals surface area contributed by atoms with Crippen LogP contribution in [0.3, 0.4) is 0 Å². The van der Waals surface area contributed by atoms with E-state index in [2.05, 4.69) is 20.7 Å². The van der Waals surface area contributed by atoms with Crippen molar-refractivity contribution in [3.8, 4) is 17.0 Å². The van der Waals surface area contributed by atoms with Crippen LogP contribution in [0.4, 0.5) is 0 Å². The van der Waals surface area contributed by atoms with Crippen molar-refractivity contribution in [2.75, 3.05) is 7.11 Å². The quantitative estimate of drug-likeness (QED) is 0.543. The third-order valence-electron chi connectivity index (χ3n) is 3.48. The molecule has 0 aliphatic carbocycles. The molecule has 0 fully saturated rings. The topological polar surface area (TPSA) is 79.4 Å². The lowest BCUT2D eigenvalue weighted by atomic mass is 10.1. The summed E-state index contributed by atoms with van der Waals surface area (Å²) in [6.45, 7) is 0. The highest BCUT2D eigenvalue weighted by Gasteiger charge is 2.13. The van der Waals surface area contributed by atoms with E-state index < -0.39 is 5.91 Å². The van der Waals surface area contributed by atoms with Crippen LogP contribution in [-0.4, -0.2) is 29.4 Å². The molecule has 0 unspecified atom stereocenters. The zero-order chi connectivity index (χ0) is 17.6. The van der Waals surface area contributed by atoms with Crippen LogP contribution in [0.15, 0.2) is 59.7 Å². The van der Waals surface area contributed by atoms with Crippen LogP contribution in [0.2, 0.25) is 5.02 Å². The summed E-state index contributed by atoms with van der Waals surface area (Å²) in [6.07, 6.45) is 1.48. The zero-order valence-electron chi connectivity index (χ0n) is 13.4. The summed E-state index contributed by atoms with van der Waals surface area (Å²) >= 11 is 6.02. The number of benzene rings is 2. The number of hydrazone groups is 1. The Bertz CT molecular complexity index is 921. The maximum atomic E-state index is 12.2. The van der Waals surface area contributed by atoms with Gasteiger partial charge in [0.2, 0.25) is 0 Å². The monoisotopic (exact) mass is 354 g/mol. The zero-order valence-corrected chi connectivity index (χ0v) is 14.1. The summed E-state index contributed by atoms with van der Waals surface area (Å²) in [7, 11) is 1.59. The lowest BCUT2D eigenvalue weighted by molar-refractivity contribution is 0.0950. The number of aromatic amines is 1. The van der Waals surface area contributed by atoms with Gasteiger partial charge in [-0.3, -0.25) is 9.89 Å². The number of ether oxygens (including phenoxy) is 1. The van der Waals surface area contributed by atoms with E-state index in [1.807, 2.05) is 36.4 Å². The van der Waals surface area contributed by atoms with Crippen molar-refractivity contribution in [1.82, 2.24) is 15.6 Å². The third-order valence-corrected chi connectivity index (χ3v) is 3.82. The van der Waals surface area contributed by atoms with Gasteiger partial charge in [0.1, 0.15) is 11.4 Å². The molecule has 126 valence electrons. The van der Waals surface area contributed by atoms with E-state index in [9.17, 15) is 4.79 Å². The highest BCUT2D eigenvalue weighted by Crippen LogP contribution is 2.28. The number of carbonyl (C=O) groups is 1. The Morgan fingerprint density at radius 1 is 1.24 bits per heavy atom. The minimum atomic E-state index is -0.406. The lowest BCUT2D eigenvalue weighted by Crippen LogP contribution is -2.18. The van der Waals surface area contributed by atoms with E-state index in [0.717, 1.165) is 5.56 Å². The number of carbonyl (C=O) groups excluding carboxylic acids is 1. The Kier molecular flexibility index (Phi) is 5.11. The number of hydrogen-bond acceptors (Lipinski definition) is 4. The molecule has 2 aromatic carbocycles. The molecule has 0 saturated heterocycles. The minimum Gasteiger partial charge on any atom is -0.496 e. The molecule has 3 aromatic rings. The molecule has 0 spiro atoms. The molecule has 0 atom stereocenters. The van der Waals surface area contributed by atoms with Crippen molar-refractivity contribution in [3.63, 3.8) is 0 Å². The van der Waals surface area contributed by atoms with Crippen LogP contribution < -0.4 is 10.2 Å². The average molecular weight is 355 g/mol. The second-order valence-electron chi connectivity index (χ2n) is 5.09. The predicted octanol–water partition coefficient (Wildman–Crippen LogP) is 3.50. The molecule has 3 rings (SSSR count). The molecule has 1 heterocycles. The molecule has 0 saturated carbocycles. The number of hydrogen-bond donors (Lipinski definition) is 2. The molecule has 1 amide bonds. The Morgan fingerprint density at radius 2 is 2.00 bits per heavy atom. The lowest BCUT2D eigenvalue weighted by Gasteiger charge is -2.04. The van der Waals surface area contributed by atoms with Crippen LogP contribution >= 0.6 is 11.6 Å². The standard InChI is InChI=1S/C18H15ClN4O2/c1-25-17-9-5-3-7-13(17)15-10-16(22-21-15)18(24)23-20-11-12-6-2-4-8-14(12)19/h2-11H,1H3,(H,21,22)(H,23,24). The molecule has 6 nitrogen and oxygen atoms in total. The minimum absolute atomic E-state index is 0.289. The van der Waals surface area contributed by atoms with Gasteiger partial charge >= 0.3 is 0 Å². The van der Waals surface area contributed by atoms with E-state index in [1.54, 1.807) is 25.3 Å². The number of nitrogens with one attached hydrogen (secondary N) is 2. The Balaban J connectivity index is 1.72. The van der Waals surface area contributed by atoms with E-state index >= 15 is 0 Å². The van der Waals surface area contributed by atoms with Crippen LogP contribution in [-0.2, 0) is 0 Å². The van der Waals surface area contributed by atoms with Gasteiger partial charge in [0.05, 0.1) is 19.0 Å².